The molecule has 2 rings (SSSR count). The van der Waals surface area contributed by atoms with Gasteiger partial charge in [-0.1, -0.05) is 6.92 Å². The maximum absolute atomic E-state index is 5.75. The molecule has 20 heavy (non-hydrogen) atoms. The highest BCUT2D eigenvalue weighted by molar-refractivity contribution is 5.18. The van der Waals surface area contributed by atoms with Crippen molar-refractivity contribution in [1.82, 2.24) is 25.0 Å². The fourth-order valence-corrected chi connectivity index (χ4v) is 2.49. The quantitative estimate of drug-likeness (QED) is 0.615. The maximum atomic E-state index is 5.75. The largest absolute Gasteiger partial charge is 0.272 e. The molecule has 0 aromatic carbocycles. The van der Waals surface area contributed by atoms with E-state index in [-0.39, 0.29) is 6.04 Å². The van der Waals surface area contributed by atoms with Crippen LogP contribution in [0.5, 0.6) is 0 Å². The lowest BCUT2D eigenvalue weighted by atomic mass is 10.1. The van der Waals surface area contributed by atoms with Crippen molar-refractivity contribution in [2.75, 3.05) is 0 Å². The SMILES string of the molecule is CCc1cc(CC(NN)c2cc(C)nn2CC)n(C)n1. The average Bonchev–Trinajstić information content (AvgIpc) is 2.98. The highest BCUT2D eigenvalue weighted by Crippen LogP contribution is 2.19. The third kappa shape index (κ3) is 2.91. The molecule has 0 spiro atoms. The fraction of sp³-hybridized carbons (Fsp3) is 0.571. The van der Waals surface area contributed by atoms with Crippen molar-refractivity contribution in [2.24, 2.45) is 12.9 Å². The summed E-state index contributed by atoms with van der Waals surface area (Å²) in [5.74, 6) is 5.75. The van der Waals surface area contributed by atoms with Gasteiger partial charge in [0.25, 0.3) is 0 Å². The number of nitrogens with zero attached hydrogens (tertiary/aromatic N) is 4. The van der Waals surface area contributed by atoms with Gasteiger partial charge in [0, 0.05) is 25.7 Å². The van der Waals surface area contributed by atoms with Crippen LogP contribution in [0, 0.1) is 6.92 Å². The van der Waals surface area contributed by atoms with Gasteiger partial charge in [-0.2, -0.15) is 10.2 Å². The van der Waals surface area contributed by atoms with Crippen LogP contribution in [0.25, 0.3) is 0 Å². The Kier molecular flexibility index (Phi) is 4.57. The molecule has 0 fully saturated rings. The number of nitrogens with two attached hydrogens (primary N) is 1. The molecule has 0 saturated heterocycles. The second kappa shape index (κ2) is 6.19. The lowest BCUT2D eigenvalue weighted by Gasteiger charge is -2.17. The Morgan fingerprint density at radius 3 is 2.60 bits per heavy atom. The number of nitrogens with one attached hydrogen (secondary N) is 1. The van der Waals surface area contributed by atoms with Crippen molar-refractivity contribution < 1.29 is 0 Å². The lowest BCUT2D eigenvalue weighted by Crippen LogP contribution is -2.31. The van der Waals surface area contributed by atoms with Gasteiger partial charge in [-0.3, -0.25) is 20.6 Å². The van der Waals surface area contributed by atoms with Crippen LogP contribution in [0.15, 0.2) is 12.1 Å². The molecule has 1 unspecified atom stereocenters. The molecule has 0 radical (unpaired) electrons. The third-order valence-corrected chi connectivity index (χ3v) is 3.59. The first-order valence-electron chi connectivity index (χ1n) is 7.11. The van der Waals surface area contributed by atoms with Gasteiger partial charge in [0.2, 0.25) is 0 Å². The number of hydrogen-bond donors (Lipinski definition) is 2. The Labute approximate surface area is 119 Å². The second-order valence-corrected chi connectivity index (χ2v) is 5.05. The Hall–Kier alpha value is -1.66. The van der Waals surface area contributed by atoms with Crippen LogP contribution in [-0.2, 0) is 26.4 Å². The zero-order valence-electron chi connectivity index (χ0n) is 12.7. The molecule has 0 aliphatic heterocycles. The van der Waals surface area contributed by atoms with E-state index in [9.17, 15) is 0 Å². The van der Waals surface area contributed by atoms with E-state index in [1.165, 1.54) is 5.69 Å². The molecule has 2 aromatic heterocycles. The Morgan fingerprint density at radius 2 is 2.05 bits per heavy atom. The van der Waals surface area contributed by atoms with Gasteiger partial charge in [-0.15, -0.1) is 0 Å². The Bertz CT molecular complexity index is 568. The van der Waals surface area contributed by atoms with E-state index in [4.69, 9.17) is 5.84 Å². The van der Waals surface area contributed by atoms with Crippen molar-refractivity contribution in [3.8, 4) is 0 Å². The van der Waals surface area contributed by atoms with Crippen LogP contribution in [0.3, 0.4) is 0 Å². The van der Waals surface area contributed by atoms with Crippen molar-refractivity contribution in [3.05, 3.63) is 34.9 Å². The van der Waals surface area contributed by atoms with Gasteiger partial charge in [0.05, 0.1) is 23.1 Å². The van der Waals surface area contributed by atoms with Crippen LogP contribution >= 0.6 is 0 Å². The topological polar surface area (TPSA) is 73.7 Å². The van der Waals surface area contributed by atoms with E-state index in [0.717, 1.165) is 36.5 Å². The molecule has 3 N–H and O–H groups in total. The summed E-state index contributed by atoms with van der Waals surface area (Å²) in [7, 11) is 1.98. The molecule has 0 aliphatic rings. The summed E-state index contributed by atoms with van der Waals surface area (Å²) in [6.07, 6.45) is 1.74. The van der Waals surface area contributed by atoms with Crippen molar-refractivity contribution in [1.29, 1.82) is 0 Å². The third-order valence-electron chi connectivity index (χ3n) is 3.59. The minimum atomic E-state index is 0.0382. The first kappa shape index (κ1) is 14.7. The minimum Gasteiger partial charge on any atom is -0.272 e. The summed E-state index contributed by atoms with van der Waals surface area (Å²) in [6, 6.07) is 4.27. The lowest BCUT2D eigenvalue weighted by molar-refractivity contribution is 0.478. The summed E-state index contributed by atoms with van der Waals surface area (Å²) in [4.78, 5) is 0. The zero-order chi connectivity index (χ0) is 14.7. The van der Waals surface area contributed by atoms with Gasteiger partial charge < -0.3 is 0 Å². The molecule has 2 heterocycles. The standard InChI is InChI=1S/C14H24N6/c1-5-11-8-12(19(4)18-11)9-13(16-15)14-7-10(3)17-20(14)6-2/h7-8,13,16H,5-6,9,15H2,1-4H3. The van der Waals surface area contributed by atoms with Crippen LogP contribution in [0.2, 0.25) is 0 Å². The average molecular weight is 276 g/mol. The maximum Gasteiger partial charge on any atom is 0.0684 e. The molecule has 0 aliphatic carbocycles. The smallest absolute Gasteiger partial charge is 0.0684 e. The van der Waals surface area contributed by atoms with Gasteiger partial charge in [0.15, 0.2) is 0 Å². The molecule has 110 valence electrons. The predicted octanol–water partition coefficient (Wildman–Crippen LogP) is 1.25. The zero-order valence-corrected chi connectivity index (χ0v) is 12.7. The summed E-state index contributed by atoms with van der Waals surface area (Å²) in [6.45, 7) is 7.04. The first-order valence-corrected chi connectivity index (χ1v) is 7.11. The van der Waals surface area contributed by atoms with Crippen LogP contribution in [0.1, 0.15) is 42.7 Å². The van der Waals surface area contributed by atoms with Gasteiger partial charge in [-0.05, 0) is 32.4 Å². The van der Waals surface area contributed by atoms with E-state index >= 15 is 0 Å². The summed E-state index contributed by atoms with van der Waals surface area (Å²) in [5, 5.41) is 8.97. The molecular formula is C14H24N6. The molecule has 6 nitrogen and oxygen atoms in total. The first-order chi connectivity index (χ1) is 9.58. The van der Waals surface area contributed by atoms with Crippen molar-refractivity contribution in [2.45, 2.75) is 46.2 Å². The Balaban J connectivity index is 2.25. The van der Waals surface area contributed by atoms with E-state index in [0.29, 0.717) is 0 Å². The van der Waals surface area contributed by atoms with Crippen LogP contribution in [-0.4, -0.2) is 19.6 Å². The van der Waals surface area contributed by atoms with E-state index < -0.39 is 0 Å². The Morgan fingerprint density at radius 1 is 1.30 bits per heavy atom. The highest BCUT2D eigenvalue weighted by Gasteiger charge is 2.18. The second-order valence-electron chi connectivity index (χ2n) is 5.05. The molecule has 2 aromatic rings. The fourth-order valence-electron chi connectivity index (χ4n) is 2.49. The van der Waals surface area contributed by atoms with Gasteiger partial charge in [-0.25, -0.2) is 0 Å². The highest BCUT2D eigenvalue weighted by atomic mass is 15.3. The van der Waals surface area contributed by atoms with E-state index in [1.54, 1.807) is 0 Å². The number of aromatic nitrogens is 4. The number of hydrazine groups is 1. The summed E-state index contributed by atoms with van der Waals surface area (Å²) >= 11 is 0. The van der Waals surface area contributed by atoms with E-state index in [2.05, 4.69) is 41.6 Å². The van der Waals surface area contributed by atoms with Crippen LogP contribution in [0.4, 0.5) is 0 Å². The molecule has 6 heteroatoms. The van der Waals surface area contributed by atoms with Crippen molar-refractivity contribution in [3.63, 3.8) is 0 Å². The predicted molar refractivity (Wildman–Crippen MR) is 79.0 cm³/mol. The van der Waals surface area contributed by atoms with Gasteiger partial charge >= 0.3 is 0 Å². The molecule has 0 bridgehead atoms. The molecule has 0 saturated carbocycles. The molecule has 0 amide bonds. The molecular weight excluding hydrogens is 252 g/mol. The number of rotatable bonds is 6. The normalized spacial score (nSPS) is 12.8. The number of aryl methyl sites for hydroxylation is 4. The monoisotopic (exact) mass is 276 g/mol. The summed E-state index contributed by atoms with van der Waals surface area (Å²) in [5.41, 5.74) is 7.32. The summed E-state index contributed by atoms with van der Waals surface area (Å²) < 4.78 is 3.93. The van der Waals surface area contributed by atoms with Gasteiger partial charge in [0.1, 0.15) is 0 Å². The minimum absolute atomic E-state index is 0.0382. The van der Waals surface area contributed by atoms with E-state index in [1.807, 2.05) is 23.3 Å². The van der Waals surface area contributed by atoms with Crippen molar-refractivity contribution >= 4 is 0 Å². The molecule has 1 atom stereocenters. The number of hydrogen-bond acceptors (Lipinski definition) is 4. The van der Waals surface area contributed by atoms with Crippen LogP contribution < -0.4 is 11.3 Å².